The van der Waals surface area contributed by atoms with Gasteiger partial charge in [-0.15, -0.1) is 0 Å². The lowest BCUT2D eigenvalue weighted by Crippen LogP contribution is -2.30. The standard InChI is InChI=1S/C42H26O.C26H15BrO.C16H13BO2/c1-2-13-27(14-3-1)28-25-26-36(30-16-5-4-15-29(28)30)40-32-18-6-8-20-34(32)41(35-21-9-7-19-33(35)40)38-23-12-22-37-31-17-10-11-24-39(31)43-42(37)38;27-25-19-11-3-1-9-17(19)24(18-10-2-4-12-20(18)25)22-14-7-13-21-16-8-5-6-15-23(16)28-26(21)22;18-17(19)16-11-10-13(12-6-2-1-3-7-12)14-8-4-5-9-15(14)16/h1-26H;1-15H;1-11,18-19H/i6D,7D,8D,9D,18D,19D,20D,21D;1D,2D,3D,4D,9D,10D,11D,12D;. The molecule has 2 N–H and O–H groups in total. The number of benzene rings is 16. The molecule has 424 valence electrons. The van der Waals surface area contributed by atoms with Crippen LogP contribution in [-0.4, -0.2) is 17.2 Å². The summed E-state index contributed by atoms with van der Waals surface area (Å²) in [7, 11) is -1.45. The van der Waals surface area contributed by atoms with Crippen molar-refractivity contribution < 1.29 is 40.8 Å². The Morgan fingerprint density at radius 1 is 0.267 bits per heavy atom. The number of fused-ring (bicyclic) bond motifs is 12. The molecule has 0 amide bonds. The van der Waals surface area contributed by atoms with Gasteiger partial charge in [0, 0.05) is 48.3 Å². The molecular weight excluding hydrogens is 1160 g/mol. The summed E-state index contributed by atoms with van der Waals surface area (Å²) < 4.78 is 154. The zero-order valence-electron chi connectivity index (χ0n) is 63.5. The molecule has 0 spiro atoms. The number of furan rings is 2. The van der Waals surface area contributed by atoms with E-state index in [-0.39, 0.29) is 107 Å². The smallest absolute Gasteiger partial charge is 0.455 e. The van der Waals surface area contributed by atoms with Crippen LogP contribution in [0, 0.1) is 0 Å². The summed E-state index contributed by atoms with van der Waals surface area (Å²) in [5.41, 5.74) is 9.25. The highest BCUT2D eigenvalue weighted by Gasteiger charge is 2.23. The molecule has 0 aliphatic rings. The van der Waals surface area contributed by atoms with Crippen molar-refractivity contribution in [1.29, 1.82) is 0 Å². The highest BCUT2D eigenvalue weighted by atomic mass is 79.9. The Bertz CT molecular complexity index is 6630. The topological polar surface area (TPSA) is 66.7 Å². The van der Waals surface area contributed by atoms with Crippen molar-refractivity contribution in [3.8, 4) is 55.6 Å². The number of para-hydroxylation sites is 4. The molecule has 4 nitrogen and oxygen atoms in total. The fourth-order valence-corrected chi connectivity index (χ4v) is 13.3. The van der Waals surface area contributed by atoms with Crippen molar-refractivity contribution in [2.45, 2.75) is 0 Å². The van der Waals surface area contributed by atoms with Crippen molar-refractivity contribution in [1.82, 2.24) is 0 Å². The largest absolute Gasteiger partial charge is 0.489 e. The SMILES string of the molecule is OB(O)c1ccc(-c2ccccc2)c2ccccc12.[2H]c1c([2H])c([2H])c2c(-c3cccc4c3oc3ccccc34)c3c([2H])c([2H])c([2H])c([2H])c3c(-c3ccc(-c4ccccc4)c4ccccc34)c2c1[2H].[2H]c1c([2H])c([2H])c2c(-c3cccc4c3oc3ccccc34)c3c([2H])c([2H])c([2H])c([2H])c3c(Br)c2c1[2H]. The van der Waals surface area contributed by atoms with Crippen LogP contribution in [0.1, 0.15) is 21.9 Å². The van der Waals surface area contributed by atoms with Gasteiger partial charge >= 0.3 is 7.12 Å². The molecule has 0 fully saturated rings. The van der Waals surface area contributed by atoms with Gasteiger partial charge in [-0.25, -0.2) is 0 Å². The first-order valence-corrected chi connectivity index (χ1v) is 29.8. The first-order chi connectivity index (χ1) is 51.1. The van der Waals surface area contributed by atoms with Crippen molar-refractivity contribution in [3.63, 3.8) is 0 Å². The maximum atomic E-state index is 9.44. The summed E-state index contributed by atoms with van der Waals surface area (Å²) in [6.45, 7) is 0. The van der Waals surface area contributed by atoms with E-state index in [0.717, 1.165) is 65.3 Å². The monoisotopic (exact) mass is 1230 g/mol. The second-order valence-electron chi connectivity index (χ2n) is 21.6. The number of rotatable bonds is 6. The van der Waals surface area contributed by atoms with Gasteiger partial charge in [0.05, 0.1) is 21.9 Å². The van der Waals surface area contributed by atoms with Crippen LogP contribution in [0.3, 0.4) is 0 Å². The quantitative estimate of drug-likeness (QED) is 0.129. The first kappa shape index (κ1) is 39.8. The number of hydrogen-bond acceptors (Lipinski definition) is 4. The Hall–Kier alpha value is -10.9. The highest BCUT2D eigenvalue weighted by Crippen LogP contribution is 2.49. The van der Waals surface area contributed by atoms with Crippen molar-refractivity contribution in [3.05, 3.63) is 320 Å². The predicted octanol–water partition coefficient (Wildman–Crippen LogP) is 22.6. The summed E-state index contributed by atoms with van der Waals surface area (Å²) in [5.74, 6) is 0. The van der Waals surface area contributed by atoms with E-state index in [2.05, 4.69) is 28.1 Å². The van der Waals surface area contributed by atoms with Gasteiger partial charge in [0.2, 0.25) is 0 Å². The minimum Gasteiger partial charge on any atom is -0.455 e. The Balaban J connectivity index is 0.000000135. The van der Waals surface area contributed by atoms with Crippen molar-refractivity contribution in [2.75, 3.05) is 0 Å². The fraction of sp³-hybridized carbons (Fsp3) is 0. The molecule has 2 heterocycles. The van der Waals surface area contributed by atoms with Crippen LogP contribution in [0.2, 0.25) is 0 Å². The maximum Gasteiger partial charge on any atom is 0.489 e. The van der Waals surface area contributed by atoms with Gasteiger partial charge in [-0.05, 0) is 132 Å². The molecule has 6 heteroatoms. The average Bonchev–Trinajstić information content (AvgIpc) is 0.874. The molecule has 18 rings (SSSR count). The second kappa shape index (κ2) is 23.0. The Kier molecular flexibility index (Phi) is 10.2. The highest BCUT2D eigenvalue weighted by molar-refractivity contribution is 9.10. The third kappa shape index (κ3) is 9.31. The third-order valence-corrected chi connectivity index (χ3v) is 17.4. The number of hydrogen-bond donors (Lipinski definition) is 2. The molecule has 0 aliphatic heterocycles. The zero-order chi connectivity index (χ0) is 74.2. The van der Waals surface area contributed by atoms with E-state index < -0.39 is 55.5 Å². The summed E-state index contributed by atoms with van der Waals surface area (Å²) in [6.07, 6.45) is 0. The lowest BCUT2D eigenvalue weighted by Gasteiger charge is -2.19. The molecule has 0 saturated heterocycles. The molecule has 0 unspecified atom stereocenters. The van der Waals surface area contributed by atoms with Crippen LogP contribution in [0.15, 0.2) is 328 Å². The molecule has 18 aromatic rings. The molecule has 0 aliphatic carbocycles. The van der Waals surface area contributed by atoms with Crippen LogP contribution in [-0.2, 0) is 0 Å². The zero-order valence-corrected chi connectivity index (χ0v) is 49.0. The van der Waals surface area contributed by atoms with E-state index in [9.17, 15) is 15.5 Å². The van der Waals surface area contributed by atoms with Crippen LogP contribution in [0.5, 0.6) is 0 Å². The molecule has 0 saturated carbocycles. The molecule has 0 radical (unpaired) electrons. The molecule has 0 atom stereocenters. The molecule has 2 aromatic heterocycles. The van der Waals surface area contributed by atoms with Gasteiger partial charge in [-0.2, -0.15) is 0 Å². The Morgan fingerprint density at radius 3 is 1.01 bits per heavy atom. The van der Waals surface area contributed by atoms with E-state index in [1.165, 1.54) is 0 Å². The second-order valence-corrected chi connectivity index (χ2v) is 22.4. The fourth-order valence-electron chi connectivity index (χ4n) is 12.7. The van der Waals surface area contributed by atoms with Crippen molar-refractivity contribution in [2.24, 2.45) is 0 Å². The Labute approximate surface area is 550 Å². The van der Waals surface area contributed by atoms with Gasteiger partial charge in [0.15, 0.2) is 0 Å². The van der Waals surface area contributed by atoms with Gasteiger partial charge in [-0.1, -0.05) is 303 Å². The average molecular weight is 1230 g/mol. The summed E-state index contributed by atoms with van der Waals surface area (Å²) >= 11 is 3.44. The van der Waals surface area contributed by atoms with E-state index in [0.29, 0.717) is 50.0 Å². The molecule has 0 bridgehead atoms. The van der Waals surface area contributed by atoms with Gasteiger partial charge < -0.3 is 18.9 Å². The Morgan fingerprint density at radius 2 is 0.578 bits per heavy atom. The summed E-state index contributed by atoms with van der Waals surface area (Å²) in [5, 5.41) is 26.9. The van der Waals surface area contributed by atoms with E-state index >= 15 is 0 Å². The van der Waals surface area contributed by atoms with Crippen molar-refractivity contribution >= 4 is 137 Å². The molecular formula is C84H54BBrO4. The summed E-state index contributed by atoms with van der Waals surface area (Å²) in [4.78, 5) is 0. The van der Waals surface area contributed by atoms with Crippen LogP contribution < -0.4 is 5.46 Å². The van der Waals surface area contributed by atoms with E-state index in [1.54, 1.807) is 24.3 Å². The lowest BCUT2D eigenvalue weighted by atomic mass is 9.76. The van der Waals surface area contributed by atoms with Gasteiger partial charge in [0.1, 0.15) is 22.3 Å². The van der Waals surface area contributed by atoms with Crippen LogP contribution in [0.4, 0.5) is 0 Å². The minimum absolute atomic E-state index is 0.140. The maximum absolute atomic E-state index is 9.44. The normalized spacial score (nSPS) is 14.0. The van der Waals surface area contributed by atoms with E-state index in [4.69, 9.17) is 25.3 Å². The molecule has 16 aromatic carbocycles. The van der Waals surface area contributed by atoms with Gasteiger partial charge in [0.25, 0.3) is 0 Å². The van der Waals surface area contributed by atoms with E-state index in [1.807, 2.05) is 182 Å². The van der Waals surface area contributed by atoms with Crippen LogP contribution >= 0.6 is 15.9 Å². The summed E-state index contributed by atoms with van der Waals surface area (Å²) in [6, 6.07) is 63.2. The molecule has 90 heavy (non-hydrogen) atoms. The van der Waals surface area contributed by atoms with Crippen LogP contribution in [0.25, 0.3) is 164 Å². The third-order valence-electron chi connectivity index (χ3n) is 16.6. The predicted molar refractivity (Wildman–Crippen MR) is 384 cm³/mol. The first-order valence-electron chi connectivity index (χ1n) is 37.0. The van der Waals surface area contributed by atoms with Gasteiger partial charge in [-0.3, -0.25) is 0 Å². The lowest BCUT2D eigenvalue weighted by molar-refractivity contribution is 0.426. The minimum atomic E-state index is -1.45. The number of halogens is 1.